The van der Waals surface area contributed by atoms with Crippen molar-refractivity contribution in [1.29, 1.82) is 5.26 Å². The first-order chi connectivity index (χ1) is 18.4. The van der Waals surface area contributed by atoms with Gasteiger partial charge in [0.1, 0.15) is 11.5 Å². The molecule has 2 N–H and O–H groups in total. The standard InChI is InChI=1S/C25H21F6N3O5S/c1-2-40(38,39)17-7-8-18-14(11-17)12-34(21(36)22(13-32)9-10-22)19(18)20(35)33-16-5-3-15(4-6-16)23(37,24(26,27)28)25(29,30)31/h3-8,11,19,37H,2,9-10,12H2,1H3,(H,33,35). The van der Waals surface area contributed by atoms with Crippen LogP contribution in [0.25, 0.3) is 0 Å². The van der Waals surface area contributed by atoms with Gasteiger partial charge >= 0.3 is 12.4 Å². The second kappa shape index (κ2) is 9.48. The third-order valence-corrected chi connectivity index (χ3v) is 8.81. The van der Waals surface area contributed by atoms with Crippen molar-refractivity contribution >= 4 is 27.3 Å². The van der Waals surface area contributed by atoms with Gasteiger partial charge in [-0.15, -0.1) is 0 Å². The molecule has 8 nitrogen and oxygen atoms in total. The number of nitrogens with one attached hydrogen (secondary N) is 1. The number of nitrogens with zero attached hydrogens (tertiary/aromatic N) is 2. The van der Waals surface area contributed by atoms with Crippen molar-refractivity contribution in [3.63, 3.8) is 0 Å². The van der Waals surface area contributed by atoms with Crippen LogP contribution < -0.4 is 5.32 Å². The average Bonchev–Trinajstić information content (AvgIpc) is 3.59. The summed E-state index contributed by atoms with van der Waals surface area (Å²) in [6, 6.07) is 6.66. The largest absolute Gasteiger partial charge is 0.430 e. The van der Waals surface area contributed by atoms with Crippen LogP contribution in [0.2, 0.25) is 0 Å². The van der Waals surface area contributed by atoms with E-state index in [4.69, 9.17) is 0 Å². The molecule has 2 aromatic rings. The van der Waals surface area contributed by atoms with Crippen molar-refractivity contribution in [2.45, 2.75) is 55.2 Å². The first-order valence-electron chi connectivity index (χ1n) is 11.8. The Bertz CT molecular complexity index is 1500. The van der Waals surface area contributed by atoms with Gasteiger partial charge in [0.15, 0.2) is 9.84 Å². The molecule has 0 spiro atoms. The molecule has 2 amide bonds. The normalized spacial score (nSPS) is 18.6. The van der Waals surface area contributed by atoms with Gasteiger partial charge in [0.25, 0.3) is 11.5 Å². The van der Waals surface area contributed by atoms with E-state index in [-0.39, 0.29) is 41.3 Å². The zero-order valence-electron chi connectivity index (χ0n) is 20.6. The highest BCUT2D eigenvalue weighted by molar-refractivity contribution is 7.91. The second-order valence-corrected chi connectivity index (χ2v) is 11.8. The number of halogens is 6. The van der Waals surface area contributed by atoms with E-state index in [1.807, 2.05) is 6.07 Å². The molecule has 2 aromatic carbocycles. The van der Waals surface area contributed by atoms with Crippen LogP contribution >= 0.6 is 0 Å². The first kappa shape index (κ1) is 29.3. The minimum absolute atomic E-state index is 0.0407. The lowest BCUT2D eigenvalue weighted by atomic mass is 9.92. The van der Waals surface area contributed by atoms with Crippen LogP contribution in [0.4, 0.5) is 32.0 Å². The molecular formula is C25H21F6N3O5S. The van der Waals surface area contributed by atoms with Crippen molar-refractivity contribution in [3.8, 4) is 6.07 Å². The fourth-order valence-electron chi connectivity index (χ4n) is 4.53. The highest BCUT2D eigenvalue weighted by atomic mass is 32.2. The molecule has 4 rings (SSSR count). The third-order valence-electron chi connectivity index (χ3n) is 7.07. The van der Waals surface area contributed by atoms with E-state index < -0.39 is 56.6 Å². The van der Waals surface area contributed by atoms with Gasteiger partial charge in [-0.1, -0.05) is 25.1 Å². The van der Waals surface area contributed by atoms with Gasteiger partial charge in [-0.3, -0.25) is 9.59 Å². The quantitative estimate of drug-likeness (QED) is 0.488. The molecule has 1 unspecified atom stereocenters. The molecular weight excluding hydrogens is 568 g/mol. The van der Waals surface area contributed by atoms with Crippen LogP contribution in [0.3, 0.4) is 0 Å². The summed E-state index contributed by atoms with van der Waals surface area (Å²) < 4.78 is 104. The second-order valence-electron chi connectivity index (χ2n) is 9.57. The zero-order chi connectivity index (χ0) is 29.9. The molecule has 0 radical (unpaired) electrons. The Balaban J connectivity index is 1.68. The molecule has 1 saturated carbocycles. The van der Waals surface area contributed by atoms with Gasteiger partial charge in [0.05, 0.1) is 16.7 Å². The van der Waals surface area contributed by atoms with E-state index in [1.54, 1.807) is 0 Å². The van der Waals surface area contributed by atoms with E-state index in [0.717, 1.165) is 17.0 Å². The van der Waals surface area contributed by atoms with Crippen molar-refractivity contribution < 1.29 is 49.5 Å². The number of alkyl halides is 6. The van der Waals surface area contributed by atoms with E-state index in [9.17, 15) is 54.7 Å². The van der Waals surface area contributed by atoms with Crippen molar-refractivity contribution in [1.82, 2.24) is 4.90 Å². The van der Waals surface area contributed by atoms with Gasteiger partial charge in [0, 0.05) is 17.8 Å². The monoisotopic (exact) mass is 589 g/mol. The molecule has 1 atom stereocenters. The Kier molecular flexibility index (Phi) is 6.95. The molecule has 1 aliphatic carbocycles. The van der Waals surface area contributed by atoms with E-state index in [0.29, 0.717) is 17.7 Å². The topological polar surface area (TPSA) is 128 Å². The number of hydrogen-bond donors (Lipinski definition) is 2. The number of nitriles is 1. The Morgan fingerprint density at radius 1 is 1.07 bits per heavy atom. The Hall–Kier alpha value is -3.64. The number of sulfone groups is 1. The number of carbonyl (C=O) groups excluding carboxylic acids is 2. The summed E-state index contributed by atoms with van der Waals surface area (Å²) in [6.07, 6.45) is -11.7. The maximum Gasteiger partial charge on any atom is 0.430 e. The molecule has 0 aromatic heterocycles. The van der Waals surface area contributed by atoms with Crippen LogP contribution in [0.5, 0.6) is 0 Å². The van der Waals surface area contributed by atoms with Crippen LogP contribution in [0.15, 0.2) is 47.4 Å². The van der Waals surface area contributed by atoms with Crippen LogP contribution in [0, 0.1) is 16.7 Å². The molecule has 15 heteroatoms. The van der Waals surface area contributed by atoms with E-state index >= 15 is 0 Å². The van der Waals surface area contributed by atoms with Gasteiger partial charge in [0.2, 0.25) is 5.91 Å². The number of anilines is 1. The molecule has 1 fully saturated rings. The summed E-state index contributed by atoms with van der Waals surface area (Å²) in [5.41, 5.74) is -7.69. The molecule has 0 bridgehead atoms. The number of aliphatic hydroxyl groups is 1. The fraction of sp³-hybridized carbons (Fsp3) is 0.400. The van der Waals surface area contributed by atoms with Gasteiger partial charge in [-0.05, 0) is 48.2 Å². The minimum atomic E-state index is -6.09. The SMILES string of the molecule is CCS(=O)(=O)c1ccc2c(c1)CN(C(=O)C1(C#N)CC1)C2C(=O)Nc1ccc(C(O)(C(F)(F)F)C(F)(F)F)cc1. The molecule has 0 saturated heterocycles. The number of carbonyl (C=O) groups is 2. The van der Waals surface area contributed by atoms with E-state index in [1.165, 1.54) is 25.1 Å². The molecule has 1 aliphatic heterocycles. The average molecular weight is 590 g/mol. The summed E-state index contributed by atoms with van der Waals surface area (Å²) in [5.74, 6) is -1.77. The highest BCUT2D eigenvalue weighted by Gasteiger charge is 2.71. The Labute approximate surface area is 224 Å². The lowest BCUT2D eigenvalue weighted by molar-refractivity contribution is -0.376. The van der Waals surface area contributed by atoms with Gasteiger partial charge in [-0.25, -0.2) is 8.42 Å². The number of fused-ring (bicyclic) bond motifs is 1. The maximum atomic E-state index is 13.4. The Morgan fingerprint density at radius 3 is 2.12 bits per heavy atom. The predicted octanol–water partition coefficient (Wildman–Crippen LogP) is 4.12. The number of amides is 2. The summed E-state index contributed by atoms with van der Waals surface area (Å²) >= 11 is 0. The van der Waals surface area contributed by atoms with Crippen molar-refractivity contribution in [2.75, 3.05) is 11.1 Å². The maximum absolute atomic E-state index is 13.4. The molecule has 214 valence electrons. The smallest absolute Gasteiger partial charge is 0.369 e. The van der Waals surface area contributed by atoms with Crippen molar-refractivity contribution in [2.24, 2.45) is 5.41 Å². The van der Waals surface area contributed by atoms with E-state index in [2.05, 4.69) is 5.32 Å². The Morgan fingerprint density at radius 2 is 1.65 bits per heavy atom. The minimum Gasteiger partial charge on any atom is -0.369 e. The number of hydrogen-bond acceptors (Lipinski definition) is 6. The highest BCUT2D eigenvalue weighted by Crippen LogP contribution is 2.51. The number of benzene rings is 2. The predicted molar refractivity (Wildman–Crippen MR) is 126 cm³/mol. The number of rotatable bonds is 6. The lowest BCUT2D eigenvalue weighted by Gasteiger charge is -2.32. The summed E-state index contributed by atoms with van der Waals surface area (Å²) in [6.45, 7) is 1.24. The summed E-state index contributed by atoms with van der Waals surface area (Å²) in [5, 5.41) is 21.4. The van der Waals surface area contributed by atoms with Crippen LogP contribution in [-0.4, -0.2) is 48.3 Å². The molecule has 2 aliphatic rings. The van der Waals surface area contributed by atoms with Gasteiger partial charge in [-0.2, -0.15) is 31.6 Å². The van der Waals surface area contributed by atoms with Crippen LogP contribution in [-0.2, 0) is 31.6 Å². The first-order valence-corrected chi connectivity index (χ1v) is 13.4. The zero-order valence-corrected chi connectivity index (χ0v) is 21.4. The van der Waals surface area contributed by atoms with Gasteiger partial charge < -0.3 is 15.3 Å². The third kappa shape index (κ3) is 4.68. The van der Waals surface area contributed by atoms with Crippen molar-refractivity contribution in [3.05, 3.63) is 59.2 Å². The van der Waals surface area contributed by atoms with Crippen LogP contribution in [0.1, 0.15) is 42.5 Å². The lowest BCUT2D eigenvalue weighted by Crippen LogP contribution is -2.53. The molecule has 1 heterocycles. The summed E-state index contributed by atoms with van der Waals surface area (Å²) in [7, 11) is -3.64. The molecule has 40 heavy (non-hydrogen) atoms. The summed E-state index contributed by atoms with van der Waals surface area (Å²) in [4.78, 5) is 27.6. The fourth-order valence-corrected chi connectivity index (χ4v) is 5.46.